The molecule has 366 valence electrons. The highest BCUT2D eigenvalue weighted by molar-refractivity contribution is 5.66. The molecule has 0 fully saturated rings. The third-order valence-electron chi connectivity index (χ3n) is 12.7. The van der Waals surface area contributed by atoms with Crippen LogP contribution in [0, 0.1) is 0 Å². The van der Waals surface area contributed by atoms with Gasteiger partial charge in [-0.3, -0.25) is 0 Å². The molecule has 0 aliphatic rings. The number of amides is 1. The van der Waals surface area contributed by atoms with Crippen molar-refractivity contribution in [3.05, 3.63) is 0 Å². The molecule has 0 bridgehead atoms. The molecular weight excluding hydrogens is 759 g/mol. The molecule has 61 heavy (non-hydrogen) atoms. The lowest BCUT2D eigenvalue weighted by Gasteiger charge is -2.29. The number of carbonyl (C=O) groups excluding carboxylic acids is 1. The summed E-state index contributed by atoms with van der Waals surface area (Å²) in [5, 5.41) is 2.92. The van der Waals surface area contributed by atoms with E-state index >= 15 is 0 Å². The second-order valence-electron chi connectivity index (χ2n) is 19.8. The van der Waals surface area contributed by atoms with Crippen LogP contribution in [0.25, 0.3) is 0 Å². The van der Waals surface area contributed by atoms with Crippen molar-refractivity contribution < 1.29 is 28.5 Å². The van der Waals surface area contributed by atoms with Gasteiger partial charge >= 0.3 is 6.09 Å². The Bertz CT molecular complexity index is 882. The Labute approximate surface area is 381 Å². The standard InChI is InChI=1S/C54H109NO6/c1-8-10-12-14-16-18-20-22-24-26-28-30-32-34-36-38-46-58-50-51(59-47-39-37-35-33-31-29-27-25-23-21-19-17-15-13-11-9-2)42-40-48-60-52(56)55-45-41-43-54(5,6)61-49-44-53(3,4)57-7/h51H,8-50H2,1-7H3,(H,55,56). The van der Waals surface area contributed by atoms with Gasteiger partial charge in [0, 0.05) is 26.9 Å². The molecule has 7 heteroatoms. The summed E-state index contributed by atoms with van der Waals surface area (Å²) < 4.78 is 29.7. The summed E-state index contributed by atoms with van der Waals surface area (Å²) in [5.74, 6) is 0. The van der Waals surface area contributed by atoms with E-state index < -0.39 is 0 Å². The van der Waals surface area contributed by atoms with E-state index in [0.717, 1.165) is 58.2 Å². The minimum atomic E-state index is -0.342. The summed E-state index contributed by atoms with van der Waals surface area (Å²) >= 11 is 0. The molecule has 1 amide bonds. The van der Waals surface area contributed by atoms with Crippen molar-refractivity contribution in [1.82, 2.24) is 5.32 Å². The fourth-order valence-electron chi connectivity index (χ4n) is 8.06. The van der Waals surface area contributed by atoms with Gasteiger partial charge in [0.05, 0.1) is 37.1 Å². The highest BCUT2D eigenvalue weighted by Crippen LogP contribution is 2.21. The van der Waals surface area contributed by atoms with E-state index in [4.69, 9.17) is 23.7 Å². The maximum absolute atomic E-state index is 12.4. The molecule has 0 aromatic rings. The summed E-state index contributed by atoms with van der Waals surface area (Å²) in [7, 11) is 1.74. The van der Waals surface area contributed by atoms with Crippen molar-refractivity contribution in [3.8, 4) is 0 Å². The summed E-state index contributed by atoms with van der Waals surface area (Å²) in [6, 6.07) is 0. The maximum Gasteiger partial charge on any atom is 0.407 e. The smallest absolute Gasteiger partial charge is 0.407 e. The van der Waals surface area contributed by atoms with Crippen LogP contribution >= 0.6 is 0 Å². The van der Waals surface area contributed by atoms with Crippen molar-refractivity contribution in [3.63, 3.8) is 0 Å². The Kier molecular flexibility index (Phi) is 45.0. The van der Waals surface area contributed by atoms with Gasteiger partial charge in [-0.1, -0.05) is 206 Å². The molecule has 0 aromatic carbocycles. The molecule has 0 aromatic heterocycles. The lowest BCUT2D eigenvalue weighted by Crippen LogP contribution is -2.32. The van der Waals surface area contributed by atoms with E-state index in [1.165, 1.54) is 193 Å². The lowest BCUT2D eigenvalue weighted by atomic mass is 10.0. The highest BCUT2D eigenvalue weighted by atomic mass is 16.5. The van der Waals surface area contributed by atoms with Crippen molar-refractivity contribution >= 4 is 6.09 Å². The number of methoxy groups -OCH3 is 1. The first-order chi connectivity index (χ1) is 29.7. The zero-order valence-electron chi connectivity index (χ0n) is 42.4. The number of alkyl carbamates (subject to hydrolysis) is 1. The van der Waals surface area contributed by atoms with Gasteiger partial charge in [0.15, 0.2) is 0 Å². The zero-order valence-corrected chi connectivity index (χ0v) is 42.4. The Morgan fingerprint density at radius 1 is 0.459 bits per heavy atom. The molecule has 0 rings (SSSR count). The minimum absolute atomic E-state index is 0.0563. The predicted octanol–water partition coefficient (Wildman–Crippen LogP) is 16.8. The second-order valence-corrected chi connectivity index (χ2v) is 19.8. The van der Waals surface area contributed by atoms with E-state index in [-0.39, 0.29) is 23.4 Å². The van der Waals surface area contributed by atoms with E-state index in [0.29, 0.717) is 26.4 Å². The van der Waals surface area contributed by atoms with Gasteiger partial charge in [0.25, 0.3) is 0 Å². The number of ether oxygens (including phenoxy) is 5. The number of hydrogen-bond donors (Lipinski definition) is 1. The van der Waals surface area contributed by atoms with Crippen molar-refractivity contribution in [2.24, 2.45) is 0 Å². The molecule has 0 saturated heterocycles. The van der Waals surface area contributed by atoms with Crippen LogP contribution in [0.15, 0.2) is 0 Å². The van der Waals surface area contributed by atoms with Crippen LogP contribution in [0.4, 0.5) is 4.79 Å². The van der Waals surface area contributed by atoms with Gasteiger partial charge in [0.1, 0.15) is 0 Å². The van der Waals surface area contributed by atoms with Crippen LogP contribution in [-0.4, -0.2) is 70.1 Å². The first kappa shape index (κ1) is 60.1. The highest BCUT2D eigenvalue weighted by Gasteiger charge is 2.22. The van der Waals surface area contributed by atoms with Gasteiger partial charge in [-0.15, -0.1) is 0 Å². The third-order valence-corrected chi connectivity index (χ3v) is 12.7. The first-order valence-corrected chi connectivity index (χ1v) is 26.9. The largest absolute Gasteiger partial charge is 0.450 e. The molecule has 0 aliphatic carbocycles. The van der Waals surface area contributed by atoms with Crippen LogP contribution < -0.4 is 5.32 Å². The molecule has 0 saturated carbocycles. The van der Waals surface area contributed by atoms with Gasteiger partial charge in [-0.2, -0.15) is 0 Å². The number of carbonyl (C=O) groups is 1. The van der Waals surface area contributed by atoms with Gasteiger partial charge < -0.3 is 29.0 Å². The molecular formula is C54H109NO6. The molecule has 0 aliphatic heterocycles. The average Bonchev–Trinajstić information content (AvgIpc) is 3.24. The molecule has 7 nitrogen and oxygen atoms in total. The lowest BCUT2D eigenvalue weighted by molar-refractivity contribution is -0.0616. The van der Waals surface area contributed by atoms with Crippen LogP contribution in [-0.2, 0) is 23.7 Å². The van der Waals surface area contributed by atoms with Crippen LogP contribution in [0.3, 0.4) is 0 Å². The zero-order chi connectivity index (χ0) is 44.8. The van der Waals surface area contributed by atoms with Crippen LogP contribution in [0.1, 0.15) is 279 Å². The van der Waals surface area contributed by atoms with Crippen molar-refractivity contribution in [1.29, 1.82) is 0 Å². The first-order valence-electron chi connectivity index (χ1n) is 26.9. The SMILES string of the molecule is CCCCCCCCCCCCCCCCCCOCC(CCCOC(=O)NCCCC(C)(C)OCCC(C)(C)OC)OCCCCCCCCCCCCCCCCCC. The van der Waals surface area contributed by atoms with Crippen molar-refractivity contribution in [2.45, 2.75) is 296 Å². The number of nitrogens with one attached hydrogen (secondary N) is 1. The average molecular weight is 868 g/mol. The van der Waals surface area contributed by atoms with Gasteiger partial charge in [0.2, 0.25) is 0 Å². The Hall–Kier alpha value is -0.890. The minimum Gasteiger partial charge on any atom is -0.450 e. The second kappa shape index (κ2) is 45.7. The molecule has 0 heterocycles. The van der Waals surface area contributed by atoms with Crippen LogP contribution in [0.2, 0.25) is 0 Å². The summed E-state index contributed by atoms with van der Waals surface area (Å²) in [4.78, 5) is 12.4. The molecule has 0 radical (unpaired) electrons. The Morgan fingerprint density at radius 2 is 0.869 bits per heavy atom. The summed E-state index contributed by atoms with van der Waals surface area (Å²) in [5.41, 5.74) is -0.429. The number of hydrogen-bond acceptors (Lipinski definition) is 6. The van der Waals surface area contributed by atoms with Crippen molar-refractivity contribution in [2.75, 3.05) is 46.7 Å². The summed E-state index contributed by atoms with van der Waals surface area (Å²) in [6.07, 6.45) is 47.9. The van der Waals surface area contributed by atoms with Crippen LogP contribution in [0.5, 0.6) is 0 Å². The molecule has 1 N–H and O–H groups in total. The fraction of sp³-hybridized carbons (Fsp3) is 0.981. The van der Waals surface area contributed by atoms with E-state index in [2.05, 4.69) is 46.9 Å². The topological polar surface area (TPSA) is 75.3 Å². The third kappa shape index (κ3) is 46.9. The van der Waals surface area contributed by atoms with Gasteiger partial charge in [-0.05, 0) is 72.6 Å². The van der Waals surface area contributed by atoms with E-state index in [1.54, 1.807) is 7.11 Å². The maximum atomic E-state index is 12.4. The predicted molar refractivity (Wildman–Crippen MR) is 263 cm³/mol. The van der Waals surface area contributed by atoms with E-state index in [1.807, 2.05) is 0 Å². The number of unbranched alkanes of at least 4 members (excludes halogenated alkanes) is 30. The van der Waals surface area contributed by atoms with Gasteiger partial charge in [-0.25, -0.2) is 4.79 Å². The molecule has 1 unspecified atom stereocenters. The fourth-order valence-corrected chi connectivity index (χ4v) is 8.06. The quantitative estimate of drug-likeness (QED) is 0.0614. The number of rotatable bonds is 50. The monoisotopic (exact) mass is 868 g/mol. The van der Waals surface area contributed by atoms with E-state index in [9.17, 15) is 4.79 Å². The Balaban J connectivity index is 4.21. The molecule has 1 atom stereocenters. The Morgan fingerprint density at radius 3 is 1.30 bits per heavy atom. The molecule has 0 spiro atoms. The normalized spacial score (nSPS) is 12.6. The summed E-state index contributed by atoms with van der Waals surface area (Å²) in [6.45, 7) is 16.8.